The van der Waals surface area contributed by atoms with E-state index in [4.69, 9.17) is 4.74 Å². The van der Waals surface area contributed by atoms with Crippen molar-refractivity contribution in [1.82, 2.24) is 14.8 Å². The van der Waals surface area contributed by atoms with Crippen molar-refractivity contribution >= 4 is 28.9 Å². The summed E-state index contributed by atoms with van der Waals surface area (Å²) in [7, 11) is 0. The Hall–Kier alpha value is -3.04. The van der Waals surface area contributed by atoms with Gasteiger partial charge in [-0.15, -0.1) is 11.3 Å². The molecule has 9 heteroatoms. The number of hydrogen-bond donors (Lipinski definition) is 2. The van der Waals surface area contributed by atoms with E-state index in [-0.39, 0.29) is 17.6 Å². The molecule has 2 N–H and O–H groups in total. The molecule has 1 aliphatic heterocycles. The first-order chi connectivity index (χ1) is 13.5. The highest BCUT2D eigenvalue weighted by atomic mass is 32.1. The Balaban J connectivity index is 1.52. The van der Waals surface area contributed by atoms with E-state index < -0.39 is 5.97 Å². The minimum Gasteiger partial charge on any atom is -0.478 e. The standard InChI is InChI=1S/C19H18N4O4S/c1-11-14(19(25)26)9-20-23(11)13-5-2-4-12(8-13)21-17(24)15-10-28-18(22-15)16-6-3-7-27-16/h2,4-5,8-10,16H,3,6-7H2,1H3,(H,21,24)(H,25,26). The van der Waals surface area contributed by atoms with Gasteiger partial charge in [0.2, 0.25) is 0 Å². The highest BCUT2D eigenvalue weighted by molar-refractivity contribution is 7.09. The van der Waals surface area contributed by atoms with Crippen LogP contribution in [0.1, 0.15) is 50.5 Å². The topological polar surface area (TPSA) is 106 Å². The van der Waals surface area contributed by atoms with Gasteiger partial charge in [-0.3, -0.25) is 4.79 Å². The van der Waals surface area contributed by atoms with Crippen LogP contribution in [0.5, 0.6) is 0 Å². The summed E-state index contributed by atoms with van der Waals surface area (Å²) in [5.41, 5.74) is 2.22. The van der Waals surface area contributed by atoms with Crippen LogP contribution in [0, 0.1) is 6.92 Å². The number of thiazole rings is 1. The van der Waals surface area contributed by atoms with E-state index in [2.05, 4.69) is 15.4 Å². The first-order valence-electron chi connectivity index (χ1n) is 8.79. The van der Waals surface area contributed by atoms with Crippen LogP contribution in [0.2, 0.25) is 0 Å². The van der Waals surface area contributed by atoms with Gasteiger partial charge in [-0.05, 0) is 38.0 Å². The average Bonchev–Trinajstić information content (AvgIpc) is 3.42. The number of rotatable bonds is 5. The molecule has 0 spiro atoms. The van der Waals surface area contributed by atoms with Gasteiger partial charge in [0.25, 0.3) is 5.91 Å². The smallest absolute Gasteiger partial charge is 0.339 e. The lowest BCUT2D eigenvalue weighted by molar-refractivity contribution is 0.0696. The number of ether oxygens (including phenoxy) is 1. The lowest BCUT2D eigenvalue weighted by Gasteiger charge is -2.08. The number of carboxylic acid groups (broad SMARTS) is 1. The quantitative estimate of drug-likeness (QED) is 0.682. The molecule has 4 rings (SSSR count). The van der Waals surface area contributed by atoms with Crippen molar-refractivity contribution in [3.05, 3.63) is 57.8 Å². The molecule has 8 nitrogen and oxygen atoms in total. The minimum absolute atomic E-state index is 0.0129. The number of nitrogens with zero attached hydrogens (tertiary/aromatic N) is 3. The second-order valence-corrected chi connectivity index (χ2v) is 7.33. The van der Waals surface area contributed by atoms with Crippen LogP contribution in [-0.2, 0) is 4.74 Å². The van der Waals surface area contributed by atoms with E-state index in [0.717, 1.165) is 24.5 Å². The van der Waals surface area contributed by atoms with E-state index in [0.29, 0.717) is 22.8 Å². The number of aromatic carboxylic acids is 1. The van der Waals surface area contributed by atoms with Gasteiger partial charge in [0.1, 0.15) is 22.4 Å². The van der Waals surface area contributed by atoms with Crippen molar-refractivity contribution in [1.29, 1.82) is 0 Å². The number of anilines is 1. The van der Waals surface area contributed by atoms with Crippen LogP contribution in [0.4, 0.5) is 5.69 Å². The summed E-state index contributed by atoms with van der Waals surface area (Å²) in [6.07, 6.45) is 3.24. The summed E-state index contributed by atoms with van der Waals surface area (Å²) in [6.45, 7) is 2.42. The summed E-state index contributed by atoms with van der Waals surface area (Å²) >= 11 is 1.43. The monoisotopic (exact) mass is 398 g/mol. The molecule has 1 amide bonds. The molecule has 0 saturated carbocycles. The van der Waals surface area contributed by atoms with Gasteiger partial charge in [0, 0.05) is 17.7 Å². The number of carbonyl (C=O) groups is 2. The zero-order chi connectivity index (χ0) is 19.7. The molecular formula is C19H18N4O4S. The number of carbonyl (C=O) groups excluding carboxylic acids is 1. The Morgan fingerprint density at radius 3 is 2.96 bits per heavy atom. The number of aromatic nitrogens is 3. The molecule has 0 aliphatic carbocycles. The van der Waals surface area contributed by atoms with Crippen LogP contribution >= 0.6 is 11.3 Å². The van der Waals surface area contributed by atoms with Crippen LogP contribution in [0.15, 0.2) is 35.8 Å². The fraction of sp³-hybridized carbons (Fsp3) is 0.263. The molecule has 3 heterocycles. The van der Waals surface area contributed by atoms with E-state index in [1.165, 1.54) is 22.2 Å². The molecule has 3 aromatic rings. The summed E-state index contributed by atoms with van der Waals surface area (Å²) in [4.78, 5) is 28.2. The Kier molecular flexibility index (Phi) is 4.93. The zero-order valence-electron chi connectivity index (χ0n) is 15.1. The van der Waals surface area contributed by atoms with Gasteiger partial charge in [-0.2, -0.15) is 5.10 Å². The van der Waals surface area contributed by atoms with Gasteiger partial charge in [-0.25, -0.2) is 14.5 Å². The number of amides is 1. The summed E-state index contributed by atoms with van der Waals surface area (Å²) in [5, 5.41) is 18.7. The second kappa shape index (κ2) is 7.53. The third-order valence-electron chi connectivity index (χ3n) is 4.55. The van der Waals surface area contributed by atoms with Crippen molar-refractivity contribution < 1.29 is 19.4 Å². The van der Waals surface area contributed by atoms with Gasteiger partial charge in [0.05, 0.1) is 17.6 Å². The normalized spacial score (nSPS) is 16.2. The second-order valence-electron chi connectivity index (χ2n) is 6.44. The van der Waals surface area contributed by atoms with E-state index in [1.54, 1.807) is 36.6 Å². The highest BCUT2D eigenvalue weighted by Crippen LogP contribution is 2.30. The molecule has 1 fully saturated rings. The van der Waals surface area contributed by atoms with Crippen molar-refractivity contribution in [2.75, 3.05) is 11.9 Å². The van der Waals surface area contributed by atoms with E-state index in [9.17, 15) is 14.7 Å². The lowest BCUT2D eigenvalue weighted by Crippen LogP contribution is -2.13. The number of hydrogen-bond acceptors (Lipinski definition) is 6. The molecule has 0 radical (unpaired) electrons. The van der Waals surface area contributed by atoms with Crippen molar-refractivity contribution in [2.24, 2.45) is 0 Å². The predicted octanol–water partition coefficient (Wildman–Crippen LogP) is 3.44. The molecule has 1 aromatic carbocycles. The number of carboxylic acids is 1. The van der Waals surface area contributed by atoms with E-state index in [1.807, 2.05) is 0 Å². The summed E-state index contributed by atoms with van der Waals surface area (Å²) < 4.78 is 7.14. The molecule has 28 heavy (non-hydrogen) atoms. The fourth-order valence-corrected chi connectivity index (χ4v) is 3.98. The molecule has 2 aromatic heterocycles. The highest BCUT2D eigenvalue weighted by Gasteiger charge is 2.22. The molecule has 0 bridgehead atoms. The van der Waals surface area contributed by atoms with E-state index >= 15 is 0 Å². The van der Waals surface area contributed by atoms with Gasteiger partial charge < -0.3 is 15.2 Å². The van der Waals surface area contributed by atoms with Gasteiger partial charge >= 0.3 is 5.97 Å². The van der Waals surface area contributed by atoms with Crippen molar-refractivity contribution in [2.45, 2.75) is 25.9 Å². The number of benzene rings is 1. The molecule has 1 saturated heterocycles. The average molecular weight is 398 g/mol. The van der Waals surface area contributed by atoms with Crippen LogP contribution < -0.4 is 5.32 Å². The van der Waals surface area contributed by atoms with Crippen molar-refractivity contribution in [3.63, 3.8) is 0 Å². The zero-order valence-corrected chi connectivity index (χ0v) is 15.9. The largest absolute Gasteiger partial charge is 0.478 e. The number of nitrogens with one attached hydrogen (secondary N) is 1. The SMILES string of the molecule is Cc1c(C(=O)O)cnn1-c1cccc(NC(=O)c2csc(C3CCCO3)n2)c1. The molecule has 1 atom stereocenters. The summed E-state index contributed by atoms with van der Waals surface area (Å²) in [5.74, 6) is -1.33. The molecule has 1 aliphatic rings. The third kappa shape index (κ3) is 3.54. The van der Waals surface area contributed by atoms with Crippen LogP contribution in [-0.4, -0.2) is 38.4 Å². The van der Waals surface area contributed by atoms with Crippen LogP contribution in [0.3, 0.4) is 0 Å². The van der Waals surface area contributed by atoms with Crippen LogP contribution in [0.25, 0.3) is 5.69 Å². The summed E-state index contributed by atoms with van der Waals surface area (Å²) in [6, 6.07) is 7.05. The fourth-order valence-electron chi connectivity index (χ4n) is 3.10. The predicted molar refractivity (Wildman–Crippen MR) is 103 cm³/mol. The van der Waals surface area contributed by atoms with Gasteiger partial charge in [-0.1, -0.05) is 6.07 Å². The third-order valence-corrected chi connectivity index (χ3v) is 5.49. The molecular weight excluding hydrogens is 380 g/mol. The maximum atomic E-state index is 12.5. The maximum Gasteiger partial charge on any atom is 0.339 e. The molecule has 144 valence electrons. The Labute approximate surface area is 164 Å². The first-order valence-corrected chi connectivity index (χ1v) is 9.67. The van der Waals surface area contributed by atoms with Crippen molar-refractivity contribution in [3.8, 4) is 5.69 Å². The Bertz CT molecular complexity index is 1040. The maximum absolute atomic E-state index is 12.5. The first kappa shape index (κ1) is 18.3. The lowest BCUT2D eigenvalue weighted by atomic mass is 10.2. The minimum atomic E-state index is -1.03. The Morgan fingerprint density at radius 1 is 1.39 bits per heavy atom. The Morgan fingerprint density at radius 2 is 2.25 bits per heavy atom. The molecule has 1 unspecified atom stereocenters. The van der Waals surface area contributed by atoms with Gasteiger partial charge in [0.15, 0.2) is 0 Å².